The Kier molecular flexibility index (Phi) is 7.11. The van der Waals surface area contributed by atoms with E-state index in [1.54, 1.807) is 0 Å². The van der Waals surface area contributed by atoms with Crippen LogP contribution in [0.3, 0.4) is 0 Å². The van der Waals surface area contributed by atoms with Gasteiger partial charge in [-0.2, -0.15) is 0 Å². The molecule has 1 aliphatic rings. The van der Waals surface area contributed by atoms with E-state index < -0.39 is 0 Å². The van der Waals surface area contributed by atoms with E-state index in [-0.39, 0.29) is 24.1 Å². The molecule has 0 unspecified atom stereocenters. The summed E-state index contributed by atoms with van der Waals surface area (Å²) >= 11 is 1.40. The molecule has 1 aliphatic carbocycles. The largest absolute Gasteiger partial charge is 0.462 e. The minimum Gasteiger partial charge on any atom is -0.462 e. The van der Waals surface area contributed by atoms with Gasteiger partial charge in [0.25, 0.3) is 5.56 Å². The predicted molar refractivity (Wildman–Crippen MR) is 101 cm³/mol. The van der Waals surface area contributed by atoms with Crippen molar-refractivity contribution in [3.8, 4) is 0 Å². The number of aromatic nitrogens is 2. The van der Waals surface area contributed by atoms with Gasteiger partial charge < -0.3 is 9.72 Å². The van der Waals surface area contributed by atoms with E-state index in [9.17, 15) is 9.59 Å². The maximum atomic E-state index is 12.3. The summed E-state index contributed by atoms with van der Waals surface area (Å²) in [6.07, 6.45) is 5.74. The Balaban J connectivity index is 1.97. The van der Waals surface area contributed by atoms with Gasteiger partial charge in [0, 0.05) is 17.7 Å². The second kappa shape index (κ2) is 8.88. The molecule has 1 fully saturated rings. The lowest BCUT2D eigenvalue weighted by atomic mass is 9.75. The highest BCUT2D eigenvalue weighted by molar-refractivity contribution is 7.98. The van der Waals surface area contributed by atoms with Crippen LogP contribution in [0.2, 0.25) is 0 Å². The zero-order chi connectivity index (χ0) is 18.6. The summed E-state index contributed by atoms with van der Waals surface area (Å²) < 4.78 is 5.81. The molecule has 3 atom stereocenters. The van der Waals surface area contributed by atoms with Crippen LogP contribution in [0.5, 0.6) is 0 Å². The molecule has 0 spiro atoms. The minimum absolute atomic E-state index is 0.00706. The van der Waals surface area contributed by atoms with Gasteiger partial charge in [-0.3, -0.25) is 9.59 Å². The average molecular weight is 367 g/mol. The molecule has 0 bridgehead atoms. The van der Waals surface area contributed by atoms with Crippen molar-refractivity contribution in [3.05, 3.63) is 21.6 Å². The molecule has 1 aromatic rings. The zero-order valence-electron chi connectivity index (χ0n) is 15.9. The average Bonchev–Trinajstić information content (AvgIpc) is 2.53. The Morgan fingerprint density at radius 3 is 2.72 bits per heavy atom. The number of thioether (sulfide) groups is 1. The molecule has 1 saturated carbocycles. The first-order valence-corrected chi connectivity index (χ1v) is 10.4. The standard InChI is InChI=1S/C19H30N2O3S/c1-11(2)14-7-6-12(3)10-16(14)24-17(22)9-8-15-13(4)20-19(25-5)21-18(15)23/h11-12,14,16H,6-10H2,1-5H3,(H,20,21,23)/t12-,14+,16-/m0/s1. The van der Waals surface area contributed by atoms with E-state index in [4.69, 9.17) is 4.74 Å². The molecule has 0 aliphatic heterocycles. The minimum atomic E-state index is -0.211. The number of hydrogen-bond donors (Lipinski definition) is 1. The Morgan fingerprint density at radius 2 is 2.12 bits per heavy atom. The third kappa shape index (κ3) is 5.33. The van der Waals surface area contributed by atoms with E-state index in [0.717, 1.165) is 12.8 Å². The third-order valence-corrected chi connectivity index (χ3v) is 5.80. The molecule has 1 aromatic heterocycles. The number of H-pyrrole nitrogens is 1. The van der Waals surface area contributed by atoms with Crippen LogP contribution >= 0.6 is 11.8 Å². The smallest absolute Gasteiger partial charge is 0.306 e. The summed E-state index contributed by atoms with van der Waals surface area (Å²) in [5.74, 6) is 1.34. The number of nitrogens with one attached hydrogen (secondary N) is 1. The number of rotatable bonds is 6. The van der Waals surface area contributed by atoms with Crippen LogP contribution in [-0.2, 0) is 16.0 Å². The molecule has 140 valence electrons. The number of carbonyl (C=O) groups is 1. The van der Waals surface area contributed by atoms with Gasteiger partial charge in [0.15, 0.2) is 5.16 Å². The fourth-order valence-corrected chi connectivity index (χ4v) is 4.10. The van der Waals surface area contributed by atoms with Gasteiger partial charge in [0.05, 0.1) is 0 Å². The van der Waals surface area contributed by atoms with Gasteiger partial charge in [-0.1, -0.05) is 39.0 Å². The van der Waals surface area contributed by atoms with Crippen LogP contribution in [0, 0.1) is 24.7 Å². The first-order valence-electron chi connectivity index (χ1n) is 9.15. The van der Waals surface area contributed by atoms with Crippen LogP contribution in [0.25, 0.3) is 0 Å². The number of aromatic amines is 1. The Morgan fingerprint density at radius 1 is 1.40 bits per heavy atom. The maximum Gasteiger partial charge on any atom is 0.306 e. The van der Waals surface area contributed by atoms with Crippen molar-refractivity contribution in [1.29, 1.82) is 0 Å². The lowest BCUT2D eigenvalue weighted by molar-refractivity contribution is -0.155. The summed E-state index contributed by atoms with van der Waals surface area (Å²) in [7, 11) is 0. The fourth-order valence-electron chi connectivity index (χ4n) is 3.68. The van der Waals surface area contributed by atoms with Crippen LogP contribution in [-0.4, -0.2) is 28.3 Å². The lowest BCUT2D eigenvalue weighted by Crippen LogP contribution is -2.36. The van der Waals surface area contributed by atoms with Crippen LogP contribution in [0.15, 0.2) is 9.95 Å². The molecule has 5 nitrogen and oxygen atoms in total. The van der Waals surface area contributed by atoms with Crippen molar-refractivity contribution in [1.82, 2.24) is 9.97 Å². The first-order chi connectivity index (χ1) is 11.8. The quantitative estimate of drug-likeness (QED) is 0.472. The van der Waals surface area contributed by atoms with Gasteiger partial charge in [-0.25, -0.2) is 4.98 Å². The van der Waals surface area contributed by atoms with E-state index in [2.05, 4.69) is 30.7 Å². The second-order valence-electron chi connectivity index (χ2n) is 7.49. The fraction of sp³-hybridized carbons (Fsp3) is 0.737. The number of carbonyl (C=O) groups excluding carboxylic acids is 1. The van der Waals surface area contributed by atoms with Crippen molar-refractivity contribution in [2.45, 2.75) is 71.1 Å². The van der Waals surface area contributed by atoms with Gasteiger partial charge in [0.1, 0.15) is 6.10 Å². The van der Waals surface area contributed by atoms with E-state index in [1.165, 1.54) is 18.2 Å². The molecule has 6 heteroatoms. The zero-order valence-corrected chi connectivity index (χ0v) is 16.7. The highest BCUT2D eigenvalue weighted by atomic mass is 32.2. The molecule has 25 heavy (non-hydrogen) atoms. The molecule has 1 N–H and O–H groups in total. The monoisotopic (exact) mass is 366 g/mol. The topological polar surface area (TPSA) is 72.0 Å². The molecule has 0 radical (unpaired) electrons. The Bertz CT molecular complexity index is 657. The molecule has 0 aromatic carbocycles. The highest BCUT2D eigenvalue weighted by Gasteiger charge is 2.33. The molecular formula is C19H30N2O3S. The van der Waals surface area contributed by atoms with Gasteiger partial charge in [0.2, 0.25) is 0 Å². The van der Waals surface area contributed by atoms with E-state index in [0.29, 0.717) is 40.6 Å². The van der Waals surface area contributed by atoms with E-state index >= 15 is 0 Å². The van der Waals surface area contributed by atoms with Crippen molar-refractivity contribution in [2.75, 3.05) is 6.26 Å². The normalized spacial score (nSPS) is 23.7. The SMILES string of the molecule is CSc1nc(C)c(CCC(=O)O[C@H]2C[C@@H](C)CC[C@@H]2C(C)C)c(=O)[nH]1. The molecule has 0 saturated heterocycles. The van der Waals surface area contributed by atoms with E-state index in [1.807, 2.05) is 13.2 Å². The van der Waals surface area contributed by atoms with Gasteiger partial charge in [-0.05, 0) is 50.2 Å². The van der Waals surface area contributed by atoms with Crippen LogP contribution < -0.4 is 5.56 Å². The molecule has 0 amide bonds. The van der Waals surface area contributed by atoms with Crippen molar-refractivity contribution >= 4 is 17.7 Å². The summed E-state index contributed by atoms with van der Waals surface area (Å²) in [6.45, 7) is 8.43. The third-order valence-electron chi connectivity index (χ3n) is 5.22. The number of hydrogen-bond acceptors (Lipinski definition) is 5. The summed E-state index contributed by atoms with van der Waals surface area (Å²) in [5.41, 5.74) is 1.11. The first kappa shape index (κ1) is 20.0. The lowest BCUT2D eigenvalue weighted by Gasteiger charge is -2.36. The maximum absolute atomic E-state index is 12.3. The summed E-state index contributed by atoms with van der Waals surface area (Å²) in [6, 6.07) is 0. The number of aryl methyl sites for hydroxylation is 1. The molecular weight excluding hydrogens is 336 g/mol. The Labute approximate surface area is 154 Å². The van der Waals surface area contributed by atoms with Crippen molar-refractivity contribution in [2.24, 2.45) is 17.8 Å². The van der Waals surface area contributed by atoms with Crippen LogP contribution in [0.1, 0.15) is 57.7 Å². The second-order valence-corrected chi connectivity index (χ2v) is 8.29. The molecule has 1 heterocycles. The number of ether oxygens (including phenoxy) is 1. The van der Waals surface area contributed by atoms with Crippen molar-refractivity contribution in [3.63, 3.8) is 0 Å². The number of esters is 1. The summed E-state index contributed by atoms with van der Waals surface area (Å²) in [4.78, 5) is 31.6. The van der Waals surface area contributed by atoms with Crippen LogP contribution in [0.4, 0.5) is 0 Å². The Hall–Kier alpha value is -1.30. The predicted octanol–water partition coefficient (Wildman–Crippen LogP) is 3.74. The molecule has 2 rings (SSSR count). The summed E-state index contributed by atoms with van der Waals surface area (Å²) in [5, 5.41) is 0.602. The highest BCUT2D eigenvalue weighted by Crippen LogP contribution is 2.35. The van der Waals surface area contributed by atoms with Gasteiger partial charge in [-0.15, -0.1) is 0 Å². The van der Waals surface area contributed by atoms with Gasteiger partial charge >= 0.3 is 5.97 Å². The van der Waals surface area contributed by atoms with Crippen molar-refractivity contribution < 1.29 is 9.53 Å². The number of nitrogens with zero attached hydrogens (tertiary/aromatic N) is 1.